The topological polar surface area (TPSA) is 70.9 Å². The van der Waals surface area contributed by atoms with Crippen molar-refractivity contribution in [2.75, 3.05) is 7.11 Å². The maximum atomic E-state index is 12.0. The largest absolute Gasteiger partial charge is 0.503 e. The van der Waals surface area contributed by atoms with Crippen molar-refractivity contribution in [3.05, 3.63) is 57.0 Å². The predicted octanol–water partition coefficient (Wildman–Crippen LogP) is 3.58. The number of benzene rings is 2. The molecule has 0 heterocycles. The number of nitrogens with zero attached hydrogens (tertiary/aromatic N) is 1. The lowest BCUT2D eigenvalue weighted by Crippen LogP contribution is -2.18. The van der Waals surface area contributed by atoms with Gasteiger partial charge < -0.3 is 9.84 Å². The number of nitrogens with one attached hydrogen (secondary N) is 1. The fourth-order valence-corrected chi connectivity index (χ4v) is 2.38. The van der Waals surface area contributed by atoms with Gasteiger partial charge in [0.05, 0.1) is 23.9 Å². The number of ether oxygens (including phenoxy) is 1. The first-order chi connectivity index (χ1) is 10.5. The number of halogens is 2. The molecule has 0 spiro atoms. The molecular weight excluding hydrogens is 372 g/mol. The second kappa shape index (κ2) is 7.29. The molecule has 7 heteroatoms. The number of hydrogen-bond donors (Lipinski definition) is 2. The van der Waals surface area contributed by atoms with Gasteiger partial charge in [-0.05, 0) is 45.8 Å². The summed E-state index contributed by atoms with van der Waals surface area (Å²) in [5.74, 6) is -0.259. The van der Waals surface area contributed by atoms with E-state index in [0.29, 0.717) is 15.6 Å². The van der Waals surface area contributed by atoms with E-state index in [0.717, 1.165) is 0 Å². The van der Waals surface area contributed by atoms with Crippen molar-refractivity contribution in [1.29, 1.82) is 0 Å². The molecule has 2 aromatic carbocycles. The van der Waals surface area contributed by atoms with Gasteiger partial charge in [0.25, 0.3) is 5.91 Å². The molecule has 2 rings (SSSR count). The standard InChI is InChI=1S/C15H12BrClN2O3/c1-22-13-7-9(6-12(17)14(13)20)8-18-19-15(21)10-4-2-3-5-11(10)16/h2-8,20H,1H3,(H,19,21)/b18-8+. The molecule has 0 atom stereocenters. The lowest BCUT2D eigenvalue weighted by molar-refractivity contribution is 0.0954. The number of amides is 1. The summed E-state index contributed by atoms with van der Waals surface area (Å²) in [5.41, 5.74) is 3.46. The van der Waals surface area contributed by atoms with Gasteiger partial charge in [0, 0.05) is 4.47 Å². The molecule has 0 aliphatic rings. The van der Waals surface area contributed by atoms with Crippen molar-refractivity contribution in [3.63, 3.8) is 0 Å². The molecule has 0 aliphatic heterocycles. The zero-order valence-corrected chi connectivity index (χ0v) is 13.9. The molecule has 0 unspecified atom stereocenters. The number of hydrogen-bond acceptors (Lipinski definition) is 4. The lowest BCUT2D eigenvalue weighted by atomic mass is 10.2. The van der Waals surface area contributed by atoms with E-state index in [1.54, 1.807) is 24.3 Å². The van der Waals surface area contributed by atoms with Crippen LogP contribution in [0.5, 0.6) is 11.5 Å². The smallest absolute Gasteiger partial charge is 0.272 e. The maximum absolute atomic E-state index is 12.0. The van der Waals surface area contributed by atoms with Crippen molar-refractivity contribution in [2.24, 2.45) is 5.10 Å². The first-order valence-corrected chi connectivity index (χ1v) is 7.34. The minimum Gasteiger partial charge on any atom is -0.503 e. The number of aromatic hydroxyl groups is 1. The number of phenolic OH excluding ortho intramolecular Hbond substituents is 1. The highest BCUT2D eigenvalue weighted by atomic mass is 79.9. The van der Waals surface area contributed by atoms with E-state index < -0.39 is 0 Å². The van der Waals surface area contributed by atoms with E-state index in [4.69, 9.17) is 16.3 Å². The summed E-state index contributed by atoms with van der Waals surface area (Å²) >= 11 is 9.17. The third-order valence-electron chi connectivity index (χ3n) is 2.77. The van der Waals surface area contributed by atoms with Gasteiger partial charge in [0.1, 0.15) is 0 Å². The van der Waals surface area contributed by atoms with E-state index in [1.807, 2.05) is 6.07 Å². The van der Waals surface area contributed by atoms with E-state index in [-0.39, 0.29) is 22.4 Å². The van der Waals surface area contributed by atoms with Crippen molar-refractivity contribution < 1.29 is 14.6 Å². The predicted molar refractivity (Wildman–Crippen MR) is 88.9 cm³/mol. The highest BCUT2D eigenvalue weighted by Crippen LogP contribution is 2.34. The van der Waals surface area contributed by atoms with Crippen molar-refractivity contribution in [3.8, 4) is 11.5 Å². The van der Waals surface area contributed by atoms with Gasteiger partial charge in [-0.3, -0.25) is 4.79 Å². The molecule has 22 heavy (non-hydrogen) atoms. The highest BCUT2D eigenvalue weighted by molar-refractivity contribution is 9.10. The second-order valence-electron chi connectivity index (χ2n) is 4.23. The lowest BCUT2D eigenvalue weighted by Gasteiger charge is -2.06. The molecule has 1 amide bonds. The third-order valence-corrected chi connectivity index (χ3v) is 3.75. The van der Waals surface area contributed by atoms with Crippen molar-refractivity contribution in [2.45, 2.75) is 0 Å². The van der Waals surface area contributed by atoms with Gasteiger partial charge in [-0.15, -0.1) is 0 Å². The normalized spacial score (nSPS) is 10.7. The van der Waals surface area contributed by atoms with Gasteiger partial charge in [-0.2, -0.15) is 5.10 Å². The SMILES string of the molecule is COc1cc(/C=N/NC(=O)c2ccccc2Br)cc(Cl)c1O. The summed E-state index contributed by atoms with van der Waals surface area (Å²) in [6.07, 6.45) is 1.41. The minimum absolute atomic E-state index is 0.137. The summed E-state index contributed by atoms with van der Waals surface area (Å²) in [5, 5.41) is 13.6. The molecule has 0 saturated heterocycles. The summed E-state index contributed by atoms with van der Waals surface area (Å²) in [4.78, 5) is 12.0. The Morgan fingerprint density at radius 2 is 2.14 bits per heavy atom. The van der Waals surface area contributed by atoms with Crippen LogP contribution in [-0.4, -0.2) is 24.3 Å². The first kappa shape index (κ1) is 16.3. The number of carbonyl (C=O) groups is 1. The summed E-state index contributed by atoms with van der Waals surface area (Å²) in [7, 11) is 1.42. The Kier molecular flexibility index (Phi) is 5.41. The van der Waals surface area contributed by atoms with Crippen molar-refractivity contribution in [1.82, 2.24) is 5.43 Å². The van der Waals surface area contributed by atoms with Crippen molar-refractivity contribution >= 4 is 39.7 Å². The summed E-state index contributed by atoms with van der Waals surface area (Å²) in [6, 6.07) is 10.1. The van der Waals surface area contributed by atoms with Crippen LogP contribution in [0.3, 0.4) is 0 Å². The van der Waals surface area contributed by atoms with Gasteiger partial charge in [-0.25, -0.2) is 5.43 Å². The molecule has 0 aliphatic carbocycles. The molecule has 114 valence electrons. The molecule has 0 aromatic heterocycles. The summed E-state index contributed by atoms with van der Waals surface area (Å²) < 4.78 is 5.67. The maximum Gasteiger partial charge on any atom is 0.272 e. The van der Waals surface area contributed by atoms with E-state index >= 15 is 0 Å². The van der Waals surface area contributed by atoms with Crippen LogP contribution in [0.2, 0.25) is 5.02 Å². The average molecular weight is 384 g/mol. The van der Waals surface area contributed by atoms with Crippen LogP contribution in [-0.2, 0) is 0 Å². The zero-order valence-electron chi connectivity index (χ0n) is 11.5. The Morgan fingerprint density at radius 1 is 1.41 bits per heavy atom. The molecule has 5 nitrogen and oxygen atoms in total. The van der Waals surface area contributed by atoms with Gasteiger partial charge in [-0.1, -0.05) is 23.7 Å². The van der Waals surface area contributed by atoms with Gasteiger partial charge >= 0.3 is 0 Å². The fourth-order valence-electron chi connectivity index (χ4n) is 1.69. The quantitative estimate of drug-likeness (QED) is 0.626. The molecule has 0 fully saturated rings. The van der Waals surface area contributed by atoms with Gasteiger partial charge in [0.15, 0.2) is 11.5 Å². The van der Waals surface area contributed by atoms with Crippen LogP contribution in [0.4, 0.5) is 0 Å². The van der Waals surface area contributed by atoms with E-state index in [2.05, 4.69) is 26.5 Å². The first-order valence-electron chi connectivity index (χ1n) is 6.17. The Bertz CT molecular complexity index is 735. The Hall–Kier alpha value is -2.05. The van der Waals surface area contributed by atoms with E-state index in [1.165, 1.54) is 19.4 Å². The summed E-state index contributed by atoms with van der Waals surface area (Å²) in [6.45, 7) is 0. The van der Waals surface area contributed by atoms with Crippen LogP contribution < -0.4 is 10.2 Å². The highest BCUT2D eigenvalue weighted by Gasteiger charge is 2.09. The number of carbonyl (C=O) groups excluding carboxylic acids is 1. The molecule has 2 N–H and O–H groups in total. The molecule has 0 bridgehead atoms. The molecule has 0 saturated carbocycles. The minimum atomic E-state index is -0.347. The number of hydrazone groups is 1. The molecule has 0 radical (unpaired) electrons. The van der Waals surface area contributed by atoms with Crippen LogP contribution >= 0.6 is 27.5 Å². The number of phenols is 1. The van der Waals surface area contributed by atoms with Crippen LogP contribution in [0.1, 0.15) is 15.9 Å². The molecule has 2 aromatic rings. The Balaban J connectivity index is 2.12. The zero-order chi connectivity index (χ0) is 16.1. The molecular formula is C15H12BrClN2O3. The van der Waals surface area contributed by atoms with Crippen LogP contribution in [0.15, 0.2) is 46.0 Å². The number of methoxy groups -OCH3 is 1. The van der Waals surface area contributed by atoms with Crippen LogP contribution in [0.25, 0.3) is 0 Å². The monoisotopic (exact) mass is 382 g/mol. The van der Waals surface area contributed by atoms with Gasteiger partial charge in [0.2, 0.25) is 0 Å². The third kappa shape index (κ3) is 3.78. The van der Waals surface area contributed by atoms with Crippen LogP contribution in [0, 0.1) is 0 Å². The Labute approximate surface area is 140 Å². The fraction of sp³-hybridized carbons (Fsp3) is 0.0667. The second-order valence-corrected chi connectivity index (χ2v) is 5.49. The Morgan fingerprint density at radius 3 is 2.82 bits per heavy atom. The average Bonchev–Trinajstić information content (AvgIpc) is 2.50. The van der Waals surface area contributed by atoms with E-state index in [9.17, 15) is 9.90 Å². The number of rotatable bonds is 4.